The Kier molecular flexibility index (Phi) is 10.4. The molecule has 160 valence electrons. The van der Waals surface area contributed by atoms with E-state index >= 15 is 0 Å². The molecule has 0 fully saturated rings. The number of halogens is 2. The molecule has 7 nitrogen and oxygen atoms in total. The van der Waals surface area contributed by atoms with Gasteiger partial charge < -0.3 is 10.1 Å². The minimum absolute atomic E-state index is 0.0124. The molecule has 0 aromatic heterocycles. The van der Waals surface area contributed by atoms with Gasteiger partial charge in [0.2, 0.25) is 0 Å². The normalized spacial score (nSPS) is 12.7. The van der Waals surface area contributed by atoms with Gasteiger partial charge in [-0.3, -0.25) is 10.1 Å². The monoisotopic (exact) mass is 422 g/mol. The van der Waals surface area contributed by atoms with Crippen LogP contribution in [0.1, 0.15) is 45.6 Å². The molecule has 0 unspecified atom stereocenters. The number of ether oxygens (including phenoxy) is 1. The Morgan fingerprint density at radius 2 is 1.96 bits per heavy atom. The van der Waals surface area contributed by atoms with E-state index < -0.39 is 31.2 Å². The maximum atomic E-state index is 13.9. The molecule has 1 aromatic carbocycles. The van der Waals surface area contributed by atoms with Crippen LogP contribution >= 0.6 is 0 Å². The SMILES string of the molecule is CCC(=N)C(C)(C)S(=O)(=O)C[C@@H](C)c1cc([N+](=O)[O-])ccc1F.COCCF. The fraction of sp³-hybridized carbons (Fsp3) is 0.611. The van der Waals surface area contributed by atoms with Gasteiger partial charge in [0.1, 0.15) is 17.2 Å². The largest absolute Gasteiger partial charge is 0.382 e. The third-order valence-corrected chi connectivity index (χ3v) is 7.07. The molecular formula is C18H28F2N2O5S. The quantitative estimate of drug-likeness (QED) is 0.366. The zero-order valence-electron chi connectivity index (χ0n) is 16.8. The zero-order chi connectivity index (χ0) is 22.1. The Morgan fingerprint density at radius 3 is 2.36 bits per heavy atom. The summed E-state index contributed by atoms with van der Waals surface area (Å²) in [6.07, 6.45) is 0.297. The molecule has 0 heterocycles. The molecule has 28 heavy (non-hydrogen) atoms. The van der Waals surface area contributed by atoms with Crippen molar-refractivity contribution in [1.82, 2.24) is 0 Å². The van der Waals surface area contributed by atoms with E-state index in [1.807, 2.05) is 0 Å². The number of benzene rings is 1. The number of alkyl halides is 1. The van der Waals surface area contributed by atoms with Gasteiger partial charge in [0.25, 0.3) is 5.69 Å². The summed E-state index contributed by atoms with van der Waals surface area (Å²) in [5.41, 5.74) is -0.225. The van der Waals surface area contributed by atoms with Crippen molar-refractivity contribution in [3.63, 3.8) is 0 Å². The first-order valence-corrected chi connectivity index (χ1v) is 10.3. The number of rotatable bonds is 9. The lowest BCUT2D eigenvalue weighted by Crippen LogP contribution is -2.42. The van der Waals surface area contributed by atoms with Crippen molar-refractivity contribution in [1.29, 1.82) is 5.41 Å². The Hall–Kier alpha value is -1.94. The van der Waals surface area contributed by atoms with Crippen molar-refractivity contribution < 1.29 is 26.9 Å². The number of nitro benzene ring substituents is 1. The van der Waals surface area contributed by atoms with Crippen molar-refractivity contribution in [2.45, 2.75) is 44.8 Å². The predicted octanol–water partition coefficient (Wildman–Crippen LogP) is 4.06. The molecule has 0 saturated heterocycles. The minimum atomic E-state index is -3.73. The summed E-state index contributed by atoms with van der Waals surface area (Å²) >= 11 is 0. The van der Waals surface area contributed by atoms with Crippen LogP contribution < -0.4 is 0 Å². The van der Waals surface area contributed by atoms with E-state index in [0.29, 0.717) is 6.42 Å². The standard InChI is InChI=1S/C15H21FN2O4S.C3H7FO/c1-5-14(17)15(3,4)23(21,22)9-10(2)12-8-11(18(19)20)6-7-13(12)16;1-5-3-2-4/h6-8,10,17H,5,9H2,1-4H3;2-3H2,1H3/t10-;/m1./s1. The average molecular weight is 422 g/mol. The smallest absolute Gasteiger partial charge is 0.269 e. The van der Waals surface area contributed by atoms with Crippen LogP contribution in [-0.2, 0) is 14.6 Å². The lowest BCUT2D eigenvalue weighted by Gasteiger charge is -2.27. The summed E-state index contributed by atoms with van der Waals surface area (Å²) < 4.78 is 52.9. The van der Waals surface area contributed by atoms with E-state index in [1.54, 1.807) is 6.92 Å². The molecule has 0 saturated carbocycles. The van der Waals surface area contributed by atoms with Gasteiger partial charge in [-0.2, -0.15) is 0 Å². The molecule has 0 aliphatic rings. The van der Waals surface area contributed by atoms with Crippen LogP contribution in [0.5, 0.6) is 0 Å². The van der Waals surface area contributed by atoms with Gasteiger partial charge in [-0.15, -0.1) is 0 Å². The highest BCUT2D eigenvalue weighted by Gasteiger charge is 2.39. The zero-order valence-corrected chi connectivity index (χ0v) is 17.6. The van der Waals surface area contributed by atoms with Crippen molar-refractivity contribution in [2.75, 3.05) is 26.1 Å². The summed E-state index contributed by atoms with van der Waals surface area (Å²) in [4.78, 5) is 10.1. The summed E-state index contributed by atoms with van der Waals surface area (Å²) in [6, 6.07) is 3.07. The first kappa shape index (κ1) is 26.1. The second kappa shape index (κ2) is 11.2. The second-order valence-corrected chi connectivity index (χ2v) is 9.25. The van der Waals surface area contributed by atoms with Gasteiger partial charge in [0, 0.05) is 25.0 Å². The topological polar surface area (TPSA) is 110 Å². The number of non-ortho nitro benzene ring substituents is 1. The molecule has 0 spiro atoms. The van der Waals surface area contributed by atoms with E-state index in [2.05, 4.69) is 4.74 Å². The molecule has 1 N–H and O–H groups in total. The fourth-order valence-electron chi connectivity index (χ4n) is 2.34. The highest BCUT2D eigenvalue weighted by atomic mass is 32.2. The van der Waals surface area contributed by atoms with Crippen LogP contribution in [0, 0.1) is 21.3 Å². The highest BCUT2D eigenvalue weighted by molar-refractivity contribution is 7.93. The van der Waals surface area contributed by atoms with Crippen molar-refractivity contribution in [3.05, 3.63) is 39.7 Å². The summed E-state index contributed by atoms with van der Waals surface area (Å²) in [5, 5.41) is 18.6. The van der Waals surface area contributed by atoms with Crippen LogP contribution in [0.2, 0.25) is 0 Å². The summed E-state index contributed by atoms with van der Waals surface area (Å²) in [6.45, 7) is 5.94. The van der Waals surface area contributed by atoms with Crippen molar-refractivity contribution in [3.8, 4) is 0 Å². The maximum absolute atomic E-state index is 13.9. The Balaban J connectivity index is 0.00000129. The molecule has 1 rings (SSSR count). The molecule has 0 radical (unpaired) electrons. The van der Waals surface area contributed by atoms with E-state index in [4.69, 9.17) is 5.41 Å². The van der Waals surface area contributed by atoms with Crippen LogP contribution in [0.15, 0.2) is 18.2 Å². The van der Waals surface area contributed by atoms with Gasteiger partial charge in [-0.05, 0) is 37.8 Å². The third-order valence-electron chi connectivity index (χ3n) is 4.33. The Bertz CT molecular complexity index is 780. The number of methoxy groups -OCH3 is 1. The van der Waals surface area contributed by atoms with Gasteiger partial charge in [0.15, 0.2) is 9.84 Å². The first-order chi connectivity index (χ1) is 12.8. The Labute approximate surface area is 164 Å². The predicted molar refractivity (Wildman–Crippen MR) is 105 cm³/mol. The molecule has 0 amide bonds. The van der Waals surface area contributed by atoms with E-state index in [9.17, 15) is 27.3 Å². The number of nitrogens with zero attached hydrogens (tertiary/aromatic N) is 1. The van der Waals surface area contributed by atoms with Crippen LogP contribution in [0.4, 0.5) is 14.5 Å². The van der Waals surface area contributed by atoms with Gasteiger partial charge in [-0.25, -0.2) is 17.2 Å². The molecular weight excluding hydrogens is 394 g/mol. The lowest BCUT2D eigenvalue weighted by atomic mass is 10.0. The Morgan fingerprint density at radius 1 is 1.39 bits per heavy atom. The maximum Gasteiger partial charge on any atom is 0.269 e. The third kappa shape index (κ3) is 6.90. The minimum Gasteiger partial charge on any atom is -0.382 e. The first-order valence-electron chi connectivity index (χ1n) is 8.64. The van der Waals surface area contributed by atoms with Crippen LogP contribution in [0.3, 0.4) is 0 Å². The van der Waals surface area contributed by atoms with E-state index in [1.165, 1.54) is 27.9 Å². The number of sulfone groups is 1. The molecule has 1 atom stereocenters. The van der Waals surface area contributed by atoms with Gasteiger partial charge in [-0.1, -0.05) is 13.8 Å². The van der Waals surface area contributed by atoms with Gasteiger partial charge >= 0.3 is 0 Å². The molecule has 0 aliphatic carbocycles. The highest BCUT2D eigenvalue weighted by Crippen LogP contribution is 2.29. The lowest BCUT2D eigenvalue weighted by molar-refractivity contribution is -0.385. The number of nitrogens with one attached hydrogen (secondary N) is 1. The van der Waals surface area contributed by atoms with E-state index in [-0.39, 0.29) is 36.0 Å². The van der Waals surface area contributed by atoms with Gasteiger partial charge in [0.05, 0.1) is 17.3 Å². The fourth-order valence-corrected chi connectivity index (χ4v) is 4.11. The molecule has 0 bridgehead atoms. The second-order valence-electron chi connectivity index (χ2n) is 6.67. The van der Waals surface area contributed by atoms with Crippen LogP contribution in [-0.4, -0.2) is 49.9 Å². The molecule has 0 aliphatic heterocycles. The summed E-state index contributed by atoms with van der Waals surface area (Å²) in [5.74, 6) is -1.83. The number of hydrogen-bond donors (Lipinski definition) is 1. The number of hydrogen-bond acceptors (Lipinski definition) is 6. The van der Waals surface area contributed by atoms with E-state index in [0.717, 1.165) is 18.2 Å². The van der Waals surface area contributed by atoms with Crippen molar-refractivity contribution in [2.24, 2.45) is 0 Å². The van der Waals surface area contributed by atoms with Crippen LogP contribution in [0.25, 0.3) is 0 Å². The average Bonchev–Trinajstić information content (AvgIpc) is 2.61. The molecule has 10 heteroatoms. The molecule has 1 aromatic rings. The summed E-state index contributed by atoms with van der Waals surface area (Å²) in [7, 11) is -2.26. The van der Waals surface area contributed by atoms with Crippen molar-refractivity contribution >= 4 is 21.2 Å². The number of nitro groups is 1.